The Bertz CT molecular complexity index is 1730. The Labute approximate surface area is 284 Å². The van der Waals surface area contributed by atoms with Gasteiger partial charge in [0.25, 0.3) is 0 Å². The lowest BCUT2D eigenvalue weighted by atomic mass is 9.66. The summed E-state index contributed by atoms with van der Waals surface area (Å²) in [4.78, 5) is 23.9. The van der Waals surface area contributed by atoms with Gasteiger partial charge in [0.15, 0.2) is 5.96 Å². The monoisotopic (exact) mass is 658 g/mol. The third kappa shape index (κ3) is 9.76. The Kier molecular flexibility index (Phi) is 11.9. The zero-order chi connectivity index (χ0) is 35.1. The lowest BCUT2D eigenvalue weighted by Crippen LogP contribution is -2.37. The van der Waals surface area contributed by atoms with Crippen LogP contribution in [0.25, 0.3) is 16.7 Å². The second-order valence-electron chi connectivity index (χ2n) is 15.3. The molecular formula is C38H55FN8O. The molecular weight excluding hydrogens is 603 g/mol. The summed E-state index contributed by atoms with van der Waals surface area (Å²) >= 11 is 0. The van der Waals surface area contributed by atoms with Crippen LogP contribution in [0.3, 0.4) is 0 Å². The van der Waals surface area contributed by atoms with E-state index in [1.807, 2.05) is 42.6 Å². The molecule has 0 bridgehead atoms. The van der Waals surface area contributed by atoms with Crippen LogP contribution in [0.15, 0.2) is 64.5 Å². The van der Waals surface area contributed by atoms with Crippen LogP contribution in [-0.4, -0.2) is 40.1 Å². The van der Waals surface area contributed by atoms with Gasteiger partial charge in [-0.2, -0.15) is 4.98 Å². The summed E-state index contributed by atoms with van der Waals surface area (Å²) in [5, 5.41) is 4.27. The third-order valence-corrected chi connectivity index (χ3v) is 9.30. The number of aromatic amines is 1. The summed E-state index contributed by atoms with van der Waals surface area (Å²) in [6.07, 6.45) is 8.69. The number of nitrogens with zero attached hydrogens (tertiary/aromatic N) is 3. The van der Waals surface area contributed by atoms with Gasteiger partial charge >= 0.3 is 5.69 Å². The molecule has 2 heterocycles. The number of aliphatic imine (C=N–C) groups is 1. The van der Waals surface area contributed by atoms with Gasteiger partial charge in [0.1, 0.15) is 11.5 Å². The van der Waals surface area contributed by atoms with Crippen LogP contribution in [0, 0.1) is 11.2 Å². The van der Waals surface area contributed by atoms with E-state index in [4.69, 9.17) is 17.2 Å². The van der Waals surface area contributed by atoms with Crippen LogP contribution in [0.1, 0.15) is 96.0 Å². The lowest BCUT2D eigenvalue weighted by molar-refractivity contribution is 0.131. The Morgan fingerprint density at radius 1 is 1.02 bits per heavy atom. The maximum atomic E-state index is 13.9. The summed E-state index contributed by atoms with van der Waals surface area (Å²) < 4.78 is 15.4. The average molecular weight is 659 g/mol. The third-order valence-electron chi connectivity index (χ3n) is 9.30. The number of aromatic nitrogens is 3. The first-order valence-electron chi connectivity index (χ1n) is 17.1. The second kappa shape index (κ2) is 15.5. The Balaban J connectivity index is 0.000000237. The van der Waals surface area contributed by atoms with E-state index in [1.165, 1.54) is 24.8 Å². The van der Waals surface area contributed by atoms with Crippen LogP contribution in [0.5, 0.6) is 0 Å². The van der Waals surface area contributed by atoms with Gasteiger partial charge in [0.2, 0.25) is 0 Å². The van der Waals surface area contributed by atoms with E-state index in [0.29, 0.717) is 17.6 Å². The molecule has 260 valence electrons. The molecule has 0 aliphatic heterocycles. The van der Waals surface area contributed by atoms with Crippen LogP contribution in [0.2, 0.25) is 0 Å². The number of guanidine groups is 1. The second-order valence-corrected chi connectivity index (χ2v) is 15.3. The van der Waals surface area contributed by atoms with Gasteiger partial charge in [0.05, 0.1) is 5.69 Å². The van der Waals surface area contributed by atoms with Crippen LogP contribution < -0.4 is 28.2 Å². The fourth-order valence-electron chi connectivity index (χ4n) is 5.95. The number of aryl methyl sites for hydroxylation is 1. The molecule has 0 amide bonds. The fraction of sp³-hybridized carbons (Fsp3) is 0.500. The minimum atomic E-state index is -0.301. The van der Waals surface area contributed by atoms with Crippen LogP contribution >= 0.6 is 0 Å². The van der Waals surface area contributed by atoms with Gasteiger partial charge in [-0.1, -0.05) is 72.2 Å². The van der Waals surface area contributed by atoms with Crippen molar-refractivity contribution in [3.8, 4) is 5.69 Å². The first kappa shape index (κ1) is 36.8. The molecule has 1 aliphatic carbocycles. The molecule has 0 radical (unpaired) electrons. The minimum Gasteiger partial charge on any atom is -0.370 e. The van der Waals surface area contributed by atoms with E-state index in [2.05, 4.69) is 67.9 Å². The highest BCUT2D eigenvalue weighted by molar-refractivity contribution is 5.76. The molecule has 0 atom stereocenters. The number of hydrogen-bond donors (Lipinski definition) is 5. The van der Waals surface area contributed by atoms with Gasteiger partial charge in [-0.15, -0.1) is 0 Å². The highest BCUT2D eigenvalue weighted by atomic mass is 19.1. The predicted octanol–water partition coefficient (Wildman–Crippen LogP) is 5.95. The molecule has 1 fully saturated rings. The largest absolute Gasteiger partial charge is 0.370 e. The van der Waals surface area contributed by atoms with Crippen molar-refractivity contribution in [3.63, 3.8) is 0 Å². The predicted molar refractivity (Wildman–Crippen MR) is 196 cm³/mol. The van der Waals surface area contributed by atoms with E-state index in [0.717, 1.165) is 66.8 Å². The maximum absolute atomic E-state index is 13.9. The van der Waals surface area contributed by atoms with E-state index in [9.17, 15) is 9.18 Å². The van der Waals surface area contributed by atoms with Crippen molar-refractivity contribution in [2.24, 2.45) is 27.6 Å². The molecule has 2 aromatic heterocycles. The van der Waals surface area contributed by atoms with Crippen molar-refractivity contribution in [2.45, 2.75) is 97.4 Å². The molecule has 0 spiro atoms. The molecule has 9 nitrogen and oxygen atoms in total. The highest BCUT2D eigenvalue weighted by Gasteiger charge is 2.35. The summed E-state index contributed by atoms with van der Waals surface area (Å²) in [5.41, 5.74) is 22.1. The molecule has 5 rings (SSSR count). The zero-order valence-corrected chi connectivity index (χ0v) is 29.6. The molecule has 8 N–H and O–H groups in total. The number of halogens is 1. The first-order chi connectivity index (χ1) is 22.6. The molecule has 0 saturated heterocycles. The molecule has 4 aromatic rings. The smallest absolute Gasteiger partial charge is 0.354 e. The van der Waals surface area contributed by atoms with Crippen molar-refractivity contribution < 1.29 is 4.39 Å². The summed E-state index contributed by atoms with van der Waals surface area (Å²) in [6.45, 7) is 15.5. The Hall–Kier alpha value is -4.02. The standard InChI is InChI=1S/C21H29N7O.C17H26FN/c1-21(2,3)17-11-15-13-28(20(29)27-18(15)26-17)16-7-5-14(6-8-16)12-24-9-4-10-25-19(22)23;1-16(2,3)14-11-13(5-6-15(14)18)7-10-17(12-19)8-4-9-17/h5-8,11,13,24H,4,9-10,12H2,1-3H3,(H4,22,23,25)(H,26,27,29);5-6,11H,4,7-10,12,19H2,1-3H3. The number of rotatable bonds is 11. The van der Waals surface area contributed by atoms with Gasteiger partial charge < -0.3 is 27.5 Å². The molecule has 10 heteroatoms. The SMILES string of the molecule is CC(C)(C)c1cc(CCC2(CN)CCC2)ccc1F.CC(C)(C)c1cc2cn(-c3ccc(CNCCCN=C(N)N)cc3)c(=O)nc2[nH]1. The number of H-pyrrole nitrogens is 1. The number of nitrogens with two attached hydrogens (primary N) is 3. The fourth-order valence-corrected chi connectivity index (χ4v) is 5.95. The van der Waals surface area contributed by atoms with Crippen molar-refractivity contribution >= 4 is 17.0 Å². The van der Waals surface area contributed by atoms with Gasteiger partial charge in [-0.3, -0.25) is 9.56 Å². The van der Waals surface area contributed by atoms with Crippen molar-refractivity contribution in [2.75, 3.05) is 19.6 Å². The normalized spacial score (nSPS) is 14.2. The summed E-state index contributed by atoms with van der Waals surface area (Å²) in [6, 6.07) is 15.5. The number of fused-ring (bicyclic) bond motifs is 1. The van der Waals surface area contributed by atoms with E-state index >= 15 is 0 Å². The van der Waals surface area contributed by atoms with Crippen molar-refractivity contribution in [1.82, 2.24) is 19.9 Å². The van der Waals surface area contributed by atoms with Gasteiger partial charge in [-0.05, 0) is 97.0 Å². The number of hydrogen-bond acceptors (Lipinski definition) is 5. The molecule has 1 aliphatic rings. The molecule has 0 unspecified atom stereocenters. The molecule has 2 aromatic carbocycles. The summed E-state index contributed by atoms with van der Waals surface area (Å²) in [7, 11) is 0. The highest BCUT2D eigenvalue weighted by Crippen LogP contribution is 2.43. The van der Waals surface area contributed by atoms with Crippen molar-refractivity contribution in [3.05, 3.63) is 93.4 Å². The number of nitrogens with one attached hydrogen (secondary N) is 2. The first-order valence-corrected chi connectivity index (χ1v) is 17.1. The Morgan fingerprint density at radius 2 is 1.71 bits per heavy atom. The summed E-state index contributed by atoms with van der Waals surface area (Å²) in [5.74, 6) is 0.0335. The van der Waals surface area contributed by atoms with E-state index in [-0.39, 0.29) is 28.3 Å². The van der Waals surface area contributed by atoms with Gasteiger partial charge in [0, 0.05) is 35.8 Å². The lowest BCUT2D eigenvalue weighted by Gasteiger charge is -2.41. The Morgan fingerprint density at radius 3 is 2.29 bits per heavy atom. The van der Waals surface area contributed by atoms with Gasteiger partial charge in [-0.25, -0.2) is 9.18 Å². The van der Waals surface area contributed by atoms with E-state index in [1.54, 1.807) is 10.6 Å². The minimum absolute atomic E-state index is 0.0352. The number of benzene rings is 2. The topological polar surface area (TPSA) is 153 Å². The van der Waals surface area contributed by atoms with Crippen LogP contribution in [0.4, 0.5) is 4.39 Å². The van der Waals surface area contributed by atoms with E-state index < -0.39 is 0 Å². The van der Waals surface area contributed by atoms with Crippen molar-refractivity contribution in [1.29, 1.82) is 0 Å². The quantitative estimate of drug-likeness (QED) is 0.0763. The van der Waals surface area contributed by atoms with Crippen LogP contribution in [-0.2, 0) is 23.8 Å². The molecule has 1 saturated carbocycles. The maximum Gasteiger partial charge on any atom is 0.354 e. The average Bonchev–Trinajstić information content (AvgIpc) is 3.43. The zero-order valence-electron chi connectivity index (χ0n) is 29.6. The molecule has 48 heavy (non-hydrogen) atoms.